The standard InChI is InChI=1S/Fe.9H2O/h;9*1H2/q+2;;;;;;;;;. The average molecular weight is 218 g/mol. The molecule has 0 fully saturated rings. The zero-order valence-corrected chi connectivity index (χ0v) is 5.96. The van der Waals surface area contributed by atoms with Gasteiger partial charge in [0.05, 0.1) is 0 Å². The van der Waals surface area contributed by atoms with Gasteiger partial charge < -0.3 is 49.3 Å². The van der Waals surface area contributed by atoms with Crippen molar-refractivity contribution in [1.29, 1.82) is 0 Å². The van der Waals surface area contributed by atoms with E-state index >= 15 is 0 Å². The van der Waals surface area contributed by atoms with Crippen molar-refractivity contribution in [2.45, 2.75) is 0 Å². The first-order chi connectivity index (χ1) is 0. The van der Waals surface area contributed by atoms with Gasteiger partial charge in [-0.1, -0.05) is 0 Å². The predicted octanol–water partition coefficient (Wildman–Crippen LogP) is -7.42. The van der Waals surface area contributed by atoms with Crippen LogP contribution >= 0.6 is 0 Å². The molecule has 10 heteroatoms. The smallest absolute Gasteiger partial charge is 0.412 e. The molecule has 0 bridgehead atoms. The van der Waals surface area contributed by atoms with E-state index in [0.717, 1.165) is 0 Å². The van der Waals surface area contributed by atoms with E-state index in [-0.39, 0.29) is 66.4 Å². The number of rotatable bonds is 0. The van der Waals surface area contributed by atoms with Gasteiger partial charge in [-0.2, -0.15) is 0 Å². The van der Waals surface area contributed by atoms with Crippen molar-refractivity contribution >= 4 is 0 Å². The van der Waals surface area contributed by atoms with Crippen molar-refractivity contribution in [1.82, 2.24) is 0 Å². The first-order valence-electron chi connectivity index (χ1n) is 0. The summed E-state index contributed by atoms with van der Waals surface area (Å²) < 4.78 is 0. The SMILES string of the molecule is O.O.O.O.O.O.O.O.O.[Fe+2]. The van der Waals surface area contributed by atoms with E-state index in [0.29, 0.717) is 0 Å². The third kappa shape index (κ3) is 16400. The fourth-order valence-corrected chi connectivity index (χ4v) is 0. The minimum Gasteiger partial charge on any atom is -0.412 e. The molecule has 0 atom stereocenters. The summed E-state index contributed by atoms with van der Waals surface area (Å²) in [4.78, 5) is 0. The van der Waals surface area contributed by atoms with Gasteiger partial charge in [0.25, 0.3) is 0 Å². The Bertz CT molecular complexity index is 4.69. The molecule has 0 aromatic rings. The molecule has 18 N–H and O–H groups in total. The van der Waals surface area contributed by atoms with Crippen LogP contribution in [0.2, 0.25) is 0 Å². The summed E-state index contributed by atoms with van der Waals surface area (Å²) in [5.41, 5.74) is 0. The Labute approximate surface area is 67.3 Å². The van der Waals surface area contributed by atoms with Gasteiger partial charge in [0.15, 0.2) is 0 Å². The molecule has 10 heavy (non-hydrogen) atoms. The van der Waals surface area contributed by atoms with E-state index in [4.69, 9.17) is 0 Å². The van der Waals surface area contributed by atoms with Crippen LogP contribution in [0, 0.1) is 0 Å². The van der Waals surface area contributed by atoms with Gasteiger partial charge in [0, 0.05) is 0 Å². The first kappa shape index (κ1) is 33500. The first-order valence-corrected chi connectivity index (χ1v) is 0. The molecule has 0 rings (SSSR count). The molecule has 0 radical (unpaired) electrons. The zero-order valence-electron chi connectivity index (χ0n) is 4.85. The molecule has 78 valence electrons. The quantitative estimate of drug-likeness (QED) is 0.342. The second kappa shape index (κ2) is 24000. The maximum Gasteiger partial charge on any atom is 2.00 e. The molecule has 0 amide bonds. The zero-order chi connectivity index (χ0) is 0. The van der Waals surface area contributed by atoms with Crippen LogP contribution in [0.25, 0.3) is 0 Å². The molecule has 0 aromatic heterocycles. The van der Waals surface area contributed by atoms with Crippen LogP contribution in [0.4, 0.5) is 0 Å². The molecule has 0 spiro atoms. The van der Waals surface area contributed by atoms with Crippen molar-refractivity contribution in [2.75, 3.05) is 0 Å². The summed E-state index contributed by atoms with van der Waals surface area (Å²) in [5.74, 6) is 0. The third-order valence-corrected chi connectivity index (χ3v) is 0. The normalized spacial score (nSPS) is 0. The third-order valence-electron chi connectivity index (χ3n) is 0. The van der Waals surface area contributed by atoms with Gasteiger partial charge in [-0.3, -0.25) is 0 Å². The van der Waals surface area contributed by atoms with Gasteiger partial charge >= 0.3 is 17.1 Å². The molecule has 0 saturated carbocycles. The Hall–Kier alpha value is 0.159. The van der Waals surface area contributed by atoms with Gasteiger partial charge in [-0.25, -0.2) is 0 Å². The Morgan fingerprint density at radius 1 is 0.200 bits per heavy atom. The second-order valence-corrected chi connectivity index (χ2v) is 0. The molecule has 0 saturated heterocycles. The van der Waals surface area contributed by atoms with E-state index in [9.17, 15) is 0 Å². The van der Waals surface area contributed by atoms with Crippen LogP contribution in [-0.4, -0.2) is 49.3 Å². The van der Waals surface area contributed by atoms with Crippen molar-refractivity contribution in [3.8, 4) is 0 Å². The van der Waals surface area contributed by atoms with E-state index in [1.807, 2.05) is 0 Å². The van der Waals surface area contributed by atoms with E-state index in [2.05, 4.69) is 0 Å². The number of hydrogen-bond acceptors (Lipinski definition) is 0. The van der Waals surface area contributed by atoms with Crippen LogP contribution in [0.5, 0.6) is 0 Å². The largest absolute Gasteiger partial charge is 2.00 e. The van der Waals surface area contributed by atoms with E-state index in [1.165, 1.54) is 0 Å². The van der Waals surface area contributed by atoms with Crippen molar-refractivity contribution in [3.05, 3.63) is 0 Å². The van der Waals surface area contributed by atoms with Crippen LogP contribution in [0.1, 0.15) is 0 Å². The van der Waals surface area contributed by atoms with Crippen molar-refractivity contribution in [3.63, 3.8) is 0 Å². The van der Waals surface area contributed by atoms with Gasteiger partial charge in [0.1, 0.15) is 0 Å². The molecule has 0 aliphatic heterocycles. The van der Waals surface area contributed by atoms with Gasteiger partial charge in [0.2, 0.25) is 0 Å². The fraction of sp³-hybridized carbons (Fsp3) is 0. The summed E-state index contributed by atoms with van der Waals surface area (Å²) >= 11 is 0. The minimum atomic E-state index is 0. The second-order valence-electron chi connectivity index (χ2n) is 0. The monoisotopic (exact) mass is 218 g/mol. The average Bonchev–Trinajstić information content (AvgIpc) is 0. The Morgan fingerprint density at radius 2 is 0.200 bits per heavy atom. The summed E-state index contributed by atoms with van der Waals surface area (Å²) in [6.07, 6.45) is 0. The van der Waals surface area contributed by atoms with Crippen LogP contribution < -0.4 is 0 Å². The summed E-state index contributed by atoms with van der Waals surface area (Å²) in [7, 11) is 0. The molecule has 0 aliphatic carbocycles. The van der Waals surface area contributed by atoms with Crippen molar-refractivity contribution in [2.24, 2.45) is 0 Å². The van der Waals surface area contributed by atoms with E-state index < -0.39 is 0 Å². The maximum absolute atomic E-state index is 0. The van der Waals surface area contributed by atoms with Crippen LogP contribution in [-0.2, 0) is 17.1 Å². The Morgan fingerprint density at radius 3 is 0.200 bits per heavy atom. The van der Waals surface area contributed by atoms with Crippen molar-refractivity contribution < 1.29 is 66.4 Å². The predicted molar refractivity (Wildman–Crippen MR) is 32.5 cm³/mol. The molecule has 0 unspecified atom stereocenters. The molecule has 0 aromatic carbocycles. The van der Waals surface area contributed by atoms with Crippen LogP contribution in [0.3, 0.4) is 0 Å². The van der Waals surface area contributed by atoms with Gasteiger partial charge in [-0.05, 0) is 0 Å². The summed E-state index contributed by atoms with van der Waals surface area (Å²) in [5, 5.41) is 0. The Balaban J connectivity index is 0. The molecular formula is H18FeO9+2. The number of hydrogen-bond donors (Lipinski definition) is 0. The molecule has 0 aliphatic rings. The fourth-order valence-electron chi connectivity index (χ4n) is 0. The van der Waals surface area contributed by atoms with Gasteiger partial charge in [-0.15, -0.1) is 0 Å². The molecular weight excluding hydrogens is 200 g/mol. The van der Waals surface area contributed by atoms with E-state index in [1.54, 1.807) is 0 Å². The summed E-state index contributed by atoms with van der Waals surface area (Å²) in [6.45, 7) is 0. The molecule has 0 heterocycles. The van der Waals surface area contributed by atoms with Crippen LogP contribution in [0.15, 0.2) is 0 Å². The Kier molecular flexibility index (Phi) is 80300000. The maximum atomic E-state index is 0. The molecule has 9 nitrogen and oxygen atoms in total. The topological polar surface area (TPSA) is 284 Å². The summed E-state index contributed by atoms with van der Waals surface area (Å²) in [6, 6.07) is 0. The minimum absolute atomic E-state index is 0.